The SMILES string of the molecule is CCCNC(=O)CN(C)C(=O)COC(=O)CN1C(=O)N[C@@]2(CCCC[C@H]2C)C1=O. The summed E-state index contributed by atoms with van der Waals surface area (Å²) in [5.74, 6) is -2.14. The minimum atomic E-state index is -0.947. The molecule has 29 heavy (non-hydrogen) atoms. The summed E-state index contributed by atoms with van der Waals surface area (Å²) in [7, 11) is 1.42. The number of hydrogen-bond donors (Lipinski definition) is 2. The second-order valence-electron chi connectivity index (χ2n) is 7.70. The minimum Gasteiger partial charge on any atom is -0.454 e. The van der Waals surface area contributed by atoms with E-state index in [0.717, 1.165) is 35.5 Å². The van der Waals surface area contributed by atoms with Gasteiger partial charge in [0.2, 0.25) is 5.91 Å². The van der Waals surface area contributed by atoms with Gasteiger partial charge in [-0.15, -0.1) is 0 Å². The molecular formula is C19H30N4O6. The standard InChI is InChI=1S/C19H30N4O6/c1-4-9-20-14(24)10-22(3)15(25)12-29-16(26)11-23-17(27)19(21-18(23)28)8-6-5-7-13(19)2/h13H,4-12H2,1-3H3,(H,20,24)(H,21,28)/t13-,19-/m1/s1. The van der Waals surface area contributed by atoms with E-state index < -0.39 is 42.5 Å². The number of carbonyl (C=O) groups excluding carboxylic acids is 5. The molecule has 0 bridgehead atoms. The lowest BCUT2D eigenvalue weighted by Crippen LogP contribution is -2.54. The number of amides is 5. The van der Waals surface area contributed by atoms with Gasteiger partial charge < -0.3 is 20.3 Å². The van der Waals surface area contributed by atoms with Gasteiger partial charge in [-0.05, 0) is 25.2 Å². The van der Waals surface area contributed by atoms with Crippen molar-refractivity contribution in [3.8, 4) is 0 Å². The van der Waals surface area contributed by atoms with Crippen LogP contribution in [0.5, 0.6) is 0 Å². The third-order valence-electron chi connectivity index (χ3n) is 5.52. The predicted molar refractivity (Wildman–Crippen MR) is 103 cm³/mol. The van der Waals surface area contributed by atoms with Crippen LogP contribution in [0.1, 0.15) is 46.0 Å². The number of hydrogen-bond acceptors (Lipinski definition) is 6. The molecule has 2 atom stereocenters. The molecule has 0 aromatic rings. The summed E-state index contributed by atoms with van der Waals surface area (Å²) >= 11 is 0. The number of carbonyl (C=O) groups is 5. The Kier molecular flexibility index (Phi) is 7.58. The zero-order chi connectivity index (χ0) is 21.6. The molecule has 1 heterocycles. The number of likely N-dealkylation sites (N-methyl/N-ethyl adjacent to an activating group) is 1. The van der Waals surface area contributed by atoms with Crippen molar-refractivity contribution in [1.29, 1.82) is 0 Å². The fraction of sp³-hybridized carbons (Fsp3) is 0.737. The van der Waals surface area contributed by atoms with Gasteiger partial charge in [0.25, 0.3) is 11.8 Å². The van der Waals surface area contributed by atoms with Crippen molar-refractivity contribution in [2.75, 3.05) is 33.3 Å². The van der Waals surface area contributed by atoms with Crippen molar-refractivity contribution in [1.82, 2.24) is 20.4 Å². The maximum Gasteiger partial charge on any atom is 0.326 e. The number of imide groups is 1. The molecule has 162 valence electrons. The molecule has 0 aromatic heterocycles. The molecule has 10 heteroatoms. The Morgan fingerprint density at radius 2 is 2.03 bits per heavy atom. The largest absolute Gasteiger partial charge is 0.454 e. The second-order valence-corrected chi connectivity index (χ2v) is 7.70. The fourth-order valence-electron chi connectivity index (χ4n) is 3.69. The fourth-order valence-corrected chi connectivity index (χ4v) is 3.69. The summed E-state index contributed by atoms with van der Waals surface area (Å²) in [5, 5.41) is 5.40. The molecule has 0 unspecified atom stereocenters. The highest BCUT2D eigenvalue weighted by atomic mass is 16.5. The molecule has 0 aromatic carbocycles. The van der Waals surface area contributed by atoms with Crippen LogP contribution in [0.3, 0.4) is 0 Å². The highest BCUT2D eigenvalue weighted by Gasteiger charge is 2.55. The van der Waals surface area contributed by atoms with E-state index in [4.69, 9.17) is 4.74 Å². The Labute approximate surface area is 170 Å². The van der Waals surface area contributed by atoms with Gasteiger partial charge in [-0.3, -0.25) is 24.1 Å². The summed E-state index contributed by atoms with van der Waals surface area (Å²) < 4.78 is 4.91. The van der Waals surface area contributed by atoms with Crippen LogP contribution in [0, 0.1) is 5.92 Å². The van der Waals surface area contributed by atoms with Crippen LogP contribution in [0.2, 0.25) is 0 Å². The number of nitrogens with one attached hydrogen (secondary N) is 2. The van der Waals surface area contributed by atoms with E-state index in [2.05, 4.69) is 10.6 Å². The number of rotatable bonds is 8. The lowest BCUT2D eigenvalue weighted by Gasteiger charge is -2.36. The maximum absolute atomic E-state index is 12.8. The summed E-state index contributed by atoms with van der Waals surface area (Å²) in [6.45, 7) is 3.08. The minimum absolute atomic E-state index is 0.0113. The van der Waals surface area contributed by atoms with Crippen molar-refractivity contribution < 1.29 is 28.7 Å². The van der Waals surface area contributed by atoms with Gasteiger partial charge in [0, 0.05) is 13.6 Å². The number of ether oxygens (including phenoxy) is 1. The molecule has 1 aliphatic heterocycles. The first kappa shape index (κ1) is 22.6. The molecule has 5 amide bonds. The molecule has 2 fully saturated rings. The van der Waals surface area contributed by atoms with Crippen molar-refractivity contribution in [3.63, 3.8) is 0 Å². The number of esters is 1. The lowest BCUT2D eigenvalue weighted by atomic mass is 9.73. The predicted octanol–water partition coefficient (Wildman–Crippen LogP) is 0.0149. The van der Waals surface area contributed by atoms with Gasteiger partial charge in [0.1, 0.15) is 12.1 Å². The van der Waals surface area contributed by atoms with Gasteiger partial charge in [-0.25, -0.2) is 4.79 Å². The van der Waals surface area contributed by atoms with E-state index in [1.807, 2.05) is 13.8 Å². The molecule has 1 saturated carbocycles. The molecule has 2 N–H and O–H groups in total. The highest BCUT2D eigenvalue weighted by molar-refractivity contribution is 6.09. The first-order valence-corrected chi connectivity index (χ1v) is 10.0. The van der Waals surface area contributed by atoms with Gasteiger partial charge in [0.15, 0.2) is 6.61 Å². The molecule has 1 saturated heterocycles. The number of nitrogens with zero attached hydrogens (tertiary/aromatic N) is 2. The van der Waals surface area contributed by atoms with Crippen LogP contribution in [-0.2, 0) is 23.9 Å². The van der Waals surface area contributed by atoms with Gasteiger partial charge in [-0.1, -0.05) is 26.7 Å². The van der Waals surface area contributed by atoms with E-state index in [-0.39, 0.29) is 18.4 Å². The smallest absolute Gasteiger partial charge is 0.326 e. The average Bonchev–Trinajstić information content (AvgIpc) is 2.91. The van der Waals surface area contributed by atoms with Crippen LogP contribution in [0.25, 0.3) is 0 Å². The van der Waals surface area contributed by atoms with E-state index in [1.165, 1.54) is 7.05 Å². The first-order chi connectivity index (χ1) is 13.7. The Hall–Kier alpha value is -2.65. The molecule has 10 nitrogen and oxygen atoms in total. The van der Waals surface area contributed by atoms with Crippen LogP contribution in [0.15, 0.2) is 0 Å². The topological polar surface area (TPSA) is 125 Å². The van der Waals surface area contributed by atoms with E-state index in [0.29, 0.717) is 13.0 Å². The normalized spacial score (nSPS) is 23.7. The zero-order valence-electron chi connectivity index (χ0n) is 17.3. The third kappa shape index (κ3) is 5.24. The lowest BCUT2D eigenvalue weighted by molar-refractivity contribution is -0.154. The molecule has 2 aliphatic rings. The maximum atomic E-state index is 12.8. The molecule has 1 aliphatic carbocycles. The Morgan fingerprint density at radius 1 is 1.31 bits per heavy atom. The molecule has 1 spiro atoms. The van der Waals surface area contributed by atoms with Gasteiger partial charge in [0.05, 0.1) is 6.54 Å². The summed E-state index contributed by atoms with van der Waals surface area (Å²) in [4.78, 5) is 62.8. The number of urea groups is 1. The van der Waals surface area contributed by atoms with Crippen LogP contribution >= 0.6 is 0 Å². The van der Waals surface area contributed by atoms with E-state index >= 15 is 0 Å². The quantitative estimate of drug-likeness (QED) is 0.429. The van der Waals surface area contributed by atoms with Crippen molar-refractivity contribution in [2.24, 2.45) is 5.92 Å². The van der Waals surface area contributed by atoms with Gasteiger partial charge in [-0.2, -0.15) is 0 Å². The monoisotopic (exact) mass is 410 g/mol. The van der Waals surface area contributed by atoms with Crippen molar-refractivity contribution in [3.05, 3.63) is 0 Å². The summed E-state index contributed by atoms with van der Waals surface area (Å²) in [5.41, 5.74) is -0.947. The highest BCUT2D eigenvalue weighted by Crippen LogP contribution is 2.38. The van der Waals surface area contributed by atoms with E-state index in [1.54, 1.807) is 0 Å². The van der Waals surface area contributed by atoms with Crippen LogP contribution < -0.4 is 10.6 Å². The Morgan fingerprint density at radius 3 is 2.69 bits per heavy atom. The van der Waals surface area contributed by atoms with Crippen molar-refractivity contribution in [2.45, 2.75) is 51.5 Å². The first-order valence-electron chi connectivity index (χ1n) is 10.0. The average molecular weight is 410 g/mol. The summed E-state index contributed by atoms with van der Waals surface area (Å²) in [6, 6.07) is -0.614. The third-order valence-corrected chi connectivity index (χ3v) is 5.52. The van der Waals surface area contributed by atoms with Gasteiger partial charge >= 0.3 is 12.0 Å². The second kappa shape index (κ2) is 9.71. The molecular weight excluding hydrogens is 380 g/mol. The molecule has 0 radical (unpaired) electrons. The van der Waals surface area contributed by atoms with E-state index in [9.17, 15) is 24.0 Å². The zero-order valence-corrected chi connectivity index (χ0v) is 17.3. The van der Waals surface area contributed by atoms with Crippen LogP contribution in [-0.4, -0.2) is 78.3 Å². The molecule has 2 rings (SSSR count). The van der Waals surface area contributed by atoms with Crippen molar-refractivity contribution >= 4 is 29.7 Å². The van der Waals surface area contributed by atoms with Crippen LogP contribution in [0.4, 0.5) is 4.79 Å². The Bertz CT molecular complexity index is 682. The Balaban J connectivity index is 1.83. The summed E-state index contributed by atoms with van der Waals surface area (Å²) in [6.07, 6.45) is 4.00.